The van der Waals surface area contributed by atoms with Gasteiger partial charge in [0.1, 0.15) is 47.7 Å². The smallest absolute Gasteiger partial charge is 0.410 e. The van der Waals surface area contributed by atoms with Crippen molar-refractivity contribution in [2.24, 2.45) is 0 Å². The molecule has 2 saturated heterocycles. The zero-order chi connectivity index (χ0) is 40.3. The third-order valence-electron chi connectivity index (χ3n) is 11.3. The van der Waals surface area contributed by atoms with E-state index in [1.54, 1.807) is 13.0 Å². The van der Waals surface area contributed by atoms with Crippen molar-refractivity contribution in [3.63, 3.8) is 0 Å². The van der Waals surface area contributed by atoms with Crippen molar-refractivity contribution in [2.45, 2.75) is 143 Å². The van der Waals surface area contributed by atoms with Gasteiger partial charge in [-0.15, -0.1) is 5.54 Å². The fourth-order valence-corrected chi connectivity index (χ4v) is 14.3. The number of anilines is 1. The van der Waals surface area contributed by atoms with Crippen LogP contribution in [-0.2, 0) is 4.74 Å². The van der Waals surface area contributed by atoms with Gasteiger partial charge in [0.05, 0.1) is 23.8 Å². The average molecular weight is 770 g/mol. The highest BCUT2D eigenvalue weighted by Gasteiger charge is 2.46. The molecule has 2 aromatic carbocycles. The first-order valence-corrected chi connectivity index (χ1v) is 22.0. The molecule has 11 heteroatoms. The van der Waals surface area contributed by atoms with Crippen molar-refractivity contribution in [3.05, 3.63) is 52.9 Å². The Morgan fingerprint density at radius 2 is 1.51 bits per heavy atom. The number of benzene rings is 2. The Morgan fingerprint density at radius 1 is 0.891 bits per heavy atom. The highest BCUT2D eigenvalue weighted by molar-refractivity contribution is 6.90. The first-order chi connectivity index (χ1) is 25.7. The van der Waals surface area contributed by atoms with E-state index in [0.717, 1.165) is 23.8 Å². The number of amides is 1. The van der Waals surface area contributed by atoms with Crippen LogP contribution in [0.25, 0.3) is 32.9 Å². The van der Waals surface area contributed by atoms with Gasteiger partial charge in [0.25, 0.3) is 0 Å². The topological polar surface area (TPSA) is 80.7 Å². The maximum Gasteiger partial charge on any atom is 0.410 e. The second-order valence-electron chi connectivity index (χ2n) is 17.7. The molecular formula is C44H57F2N5O3Si. The Kier molecular flexibility index (Phi) is 11.0. The zero-order valence-electron chi connectivity index (χ0n) is 34.8. The molecule has 55 heavy (non-hydrogen) atoms. The predicted octanol–water partition coefficient (Wildman–Crippen LogP) is 10.7. The molecule has 2 bridgehead atoms. The SMILES string of the molecule is Cc1cc(-c2nc(OC(C)C)c3c(N4CC5CCC(C4)N5C(=O)OC(C)(C)C)nc(C)nc3c2F)c2c(C#C[Si](C(C)C)(C(C)C)C(C)C)c(F)ccc2c1. The van der Waals surface area contributed by atoms with Crippen molar-refractivity contribution in [1.82, 2.24) is 19.9 Å². The number of aryl methyl sites for hydroxylation is 2. The van der Waals surface area contributed by atoms with E-state index < -0.39 is 25.3 Å². The van der Waals surface area contributed by atoms with Crippen molar-refractivity contribution in [1.29, 1.82) is 0 Å². The van der Waals surface area contributed by atoms with Crippen LogP contribution in [0.1, 0.15) is 106 Å². The van der Waals surface area contributed by atoms with Crippen molar-refractivity contribution in [2.75, 3.05) is 18.0 Å². The number of ether oxygens (including phenoxy) is 2. The highest BCUT2D eigenvalue weighted by Crippen LogP contribution is 2.44. The van der Waals surface area contributed by atoms with Crippen LogP contribution in [0, 0.1) is 36.9 Å². The molecule has 2 aromatic heterocycles. The minimum atomic E-state index is -2.25. The lowest BCUT2D eigenvalue weighted by molar-refractivity contribution is 0.0122. The molecule has 4 heterocycles. The minimum Gasteiger partial charge on any atom is -0.474 e. The molecule has 0 N–H and O–H groups in total. The minimum absolute atomic E-state index is 0.0180. The summed E-state index contributed by atoms with van der Waals surface area (Å²) in [5.41, 5.74) is 5.77. The lowest BCUT2D eigenvalue weighted by Crippen LogP contribution is -2.57. The molecule has 294 valence electrons. The quantitative estimate of drug-likeness (QED) is 0.137. The average Bonchev–Trinajstić information content (AvgIpc) is 3.34. The number of rotatable bonds is 7. The first-order valence-electron chi connectivity index (χ1n) is 19.8. The van der Waals surface area contributed by atoms with Gasteiger partial charge in [-0.3, -0.25) is 4.90 Å². The summed E-state index contributed by atoms with van der Waals surface area (Å²) in [5.74, 6) is 3.37. The molecule has 4 aromatic rings. The number of piperazine rings is 1. The summed E-state index contributed by atoms with van der Waals surface area (Å²) < 4.78 is 45.8. The van der Waals surface area contributed by atoms with Gasteiger partial charge < -0.3 is 14.4 Å². The summed E-state index contributed by atoms with van der Waals surface area (Å²) in [6, 6.07) is 6.81. The lowest BCUT2D eigenvalue weighted by atomic mass is 9.94. The Morgan fingerprint density at radius 3 is 2.07 bits per heavy atom. The van der Waals surface area contributed by atoms with Gasteiger partial charge in [-0.05, 0) is 101 Å². The molecule has 2 aliphatic rings. The second kappa shape index (κ2) is 15.0. The fourth-order valence-electron chi connectivity index (χ4n) is 9.14. The Hall–Kier alpha value is -4.30. The van der Waals surface area contributed by atoms with Crippen LogP contribution in [-0.4, -0.2) is 70.9 Å². The molecule has 6 rings (SSSR count). The third-order valence-corrected chi connectivity index (χ3v) is 17.6. The summed E-state index contributed by atoms with van der Waals surface area (Å²) >= 11 is 0. The number of hydrogen-bond donors (Lipinski definition) is 0. The summed E-state index contributed by atoms with van der Waals surface area (Å²) in [6.45, 7) is 27.4. The Labute approximate surface area is 326 Å². The van der Waals surface area contributed by atoms with Gasteiger partial charge in [0, 0.05) is 24.0 Å². The molecule has 0 saturated carbocycles. The largest absolute Gasteiger partial charge is 0.474 e. The van der Waals surface area contributed by atoms with E-state index >= 15 is 8.78 Å². The standard InChI is InChI=1S/C44H57F2N5O3Si/c1-24(2)53-42-37-40(47-29(10)48-41(37)50-22-31-15-16-32(23-50)51(31)43(52)54-44(11,12)13)38(46)39(49-42)34-21-28(9)20-30-14-17-35(45)33(36(30)34)18-19-55(25(3)4,26(5)6)27(7)8/h14,17,20-21,24-27,31-32H,15-16,22-23H2,1-13H3. The lowest BCUT2D eigenvalue weighted by Gasteiger charge is -2.42. The van der Waals surface area contributed by atoms with Crippen LogP contribution < -0.4 is 9.64 Å². The summed E-state index contributed by atoms with van der Waals surface area (Å²) in [7, 11) is -2.25. The molecule has 1 amide bonds. The number of nitrogens with zero attached hydrogens (tertiary/aromatic N) is 5. The van der Waals surface area contributed by atoms with E-state index in [-0.39, 0.29) is 46.9 Å². The monoisotopic (exact) mass is 769 g/mol. The summed E-state index contributed by atoms with van der Waals surface area (Å²) in [6.07, 6.45) is 1.02. The zero-order valence-corrected chi connectivity index (χ0v) is 35.8. The normalized spacial score (nSPS) is 17.6. The van der Waals surface area contributed by atoms with E-state index in [9.17, 15) is 4.79 Å². The molecule has 8 nitrogen and oxygen atoms in total. The number of carbonyl (C=O) groups excluding carboxylic acids is 1. The van der Waals surface area contributed by atoms with Crippen LogP contribution in [0.4, 0.5) is 19.4 Å². The molecule has 2 atom stereocenters. The van der Waals surface area contributed by atoms with E-state index in [2.05, 4.69) is 62.9 Å². The van der Waals surface area contributed by atoms with E-state index in [1.807, 2.05) is 58.6 Å². The van der Waals surface area contributed by atoms with Crippen molar-refractivity contribution >= 4 is 41.7 Å². The van der Waals surface area contributed by atoms with Gasteiger partial charge in [-0.2, -0.15) is 0 Å². The van der Waals surface area contributed by atoms with Gasteiger partial charge in [0.2, 0.25) is 5.88 Å². The maximum atomic E-state index is 17.5. The molecule has 0 spiro atoms. The van der Waals surface area contributed by atoms with Crippen molar-refractivity contribution < 1.29 is 23.0 Å². The van der Waals surface area contributed by atoms with Crippen molar-refractivity contribution in [3.8, 4) is 28.6 Å². The number of halogens is 2. The van der Waals surface area contributed by atoms with Crippen LogP contribution in [0.5, 0.6) is 5.88 Å². The maximum absolute atomic E-state index is 17.5. The molecule has 2 fully saturated rings. The number of hydrogen-bond acceptors (Lipinski definition) is 7. The van der Waals surface area contributed by atoms with Crippen LogP contribution in [0.2, 0.25) is 16.6 Å². The highest BCUT2D eigenvalue weighted by atomic mass is 28.3. The molecule has 2 unspecified atom stereocenters. The summed E-state index contributed by atoms with van der Waals surface area (Å²) in [5, 5.41) is 1.63. The molecule has 0 aliphatic carbocycles. The number of carbonyl (C=O) groups is 1. The third kappa shape index (κ3) is 7.51. The summed E-state index contributed by atoms with van der Waals surface area (Å²) in [4.78, 5) is 31.7. The van der Waals surface area contributed by atoms with Crippen LogP contribution in [0.3, 0.4) is 0 Å². The Bertz CT molecular complexity index is 2170. The number of aromatic nitrogens is 3. The van der Waals surface area contributed by atoms with E-state index in [1.165, 1.54) is 6.07 Å². The molecule has 0 radical (unpaired) electrons. The van der Waals surface area contributed by atoms with Gasteiger partial charge in [-0.1, -0.05) is 59.6 Å². The predicted molar refractivity (Wildman–Crippen MR) is 220 cm³/mol. The van der Waals surface area contributed by atoms with Crippen LogP contribution >= 0.6 is 0 Å². The number of pyridine rings is 1. The van der Waals surface area contributed by atoms with Gasteiger partial charge >= 0.3 is 6.09 Å². The van der Waals surface area contributed by atoms with Crippen LogP contribution in [0.15, 0.2) is 24.3 Å². The molecular weight excluding hydrogens is 713 g/mol. The first kappa shape index (κ1) is 40.4. The Balaban J connectivity index is 1.56. The fraction of sp³-hybridized carbons (Fsp3) is 0.545. The molecule has 2 aliphatic heterocycles. The van der Waals surface area contributed by atoms with E-state index in [0.29, 0.717) is 57.7 Å². The van der Waals surface area contributed by atoms with E-state index in [4.69, 9.17) is 19.4 Å². The van der Waals surface area contributed by atoms with Gasteiger partial charge in [0.15, 0.2) is 5.82 Å². The second-order valence-corrected chi connectivity index (χ2v) is 23.3. The number of fused-ring (bicyclic) bond motifs is 4. The van der Waals surface area contributed by atoms with Gasteiger partial charge in [-0.25, -0.2) is 28.5 Å².